The van der Waals surface area contributed by atoms with Gasteiger partial charge in [-0.05, 0) is 17.3 Å². The predicted octanol–water partition coefficient (Wildman–Crippen LogP) is 1.25. The fourth-order valence-corrected chi connectivity index (χ4v) is 0.685. The Balaban J connectivity index is 3.30. The van der Waals surface area contributed by atoms with E-state index in [1.165, 1.54) is 0 Å². The summed E-state index contributed by atoms with van der Waals surface area (Å²) in [5, 5.41) is 2.67. The van der Waals surface area contributed by atoms with Crippen molar-refractivity contribution in [1.82, 2.24) is 0 Å². The highest BCUT2D eigenvalue weighted by Crippen LogP contribution is 2.27. The minimum absolute atomic E-state index is 0.127. The summed E-state index contributed by atoms with van der Waals surface area (Å²) in [6.07, 6.45) is 0. The van der Waals surface area contributed by atoms with Crippen LogP contribution in [0.25, 0.3) is 0 Å². The zero-order chi connectivity index (χ0) is 7.56. The standard InChI is InChI=1S/C6H7N3O/c7-4-2-1-3-5(8)6(4)9-10/h1-3H,7-8H2. The quantitative estimate of drug-likeness (QED) is 0.451. The van der Waals surface area contributed by atoms with Crippen LogP contribution in [0, 0.1) is 4.91 Å². The second-order valence-corrected chi connectivity index (χ2v) is 1.88. The van der Waals surface area contributed by atoms with E-state index in [2.05, 4.69) is 5.18 Å². The van der Waals surface area contributed by atoms with Crippen LogP contribution in [0.2, 0.25) is 0 Å². The molecule has 1 rings (SSSR count). The van der Waals surface area contributed by atoms with Gasteiger partial charge in [-0.25, -0.2) is 0 Å². The van der Waals surface area contributed by atoms with Crippen LogP contribution in [0.15, 0.2) is 23.4 Å². The number of hydrogen-bond donors (Lipinski definition) is 2. The molecular formula is C6H7N3O. The average Bonchev–Trinajstić information content (AvgIpc) is 1.88. The zero-order valence-electron chi connectivity index (χ0n) is 5.24. The summed E-state index contributed by atoms with van der Waals surface area (Å²) in [6, 6.07) is 4.82. The molecule has 0 fully saturated rings. The molecule has 52 valence electrons. The van der Waals surface area contributed by atoms with Crippen LogP contribution >= 0.6 is 0 Å². The van der Waals surface area contributed by atoms with Crippen LogP contribution < -0.4 is 11.5 Å². The number of nitrogens with two attached hydrogens (primary N) is 2. The minimum atomic E-state index is 0.127. The average molecular weight is 137 g/mol. The first-order chi connectivity index (χ1) is 4.75. The Morgan fingerprint density at radius 3 is 2.00 bits per heavy atom. The Bertz CT molecular complexity index is 239. The van der Waals surface area contributed by atoms with Gasteiger partial charge in [-0.15, -0.1) is 4.91 Å². The SMILES string of the molecule is Nc1cccc(N)c1N=O. The Morgan fingerprint density at radius 1 is 1.20 bits per heavy atom. The van der Waals surface area contributed by atoms with Crippen molar-refractivity contribution in [2.45, 2.75) is 0 Å². The summed E-state index contributed by atoms with van der Waals surface area (Å²) < 4.78 is 0. The lowest BCUT2D eigenvalue weighted by Gasteiger charge is -1.97. The topological polar surface area (TPSA) is 81.5 Å². The van der Waals surface area contributed by atoms with E-state index < -0.39 is 0 Å². The van der Waals surface area contributed by atoms with Crippen LogP contribution in [0.4, 0.5) is 17.1 Å². The highest BCUT2D eigenvalue weighted by Gasteiger charge is 2.00. The molecule has 0 aliphatic rings. The smallest absolute Gasteiger partial charge is 0.153 e. The van der Waals surface area contributed by atoms with E-state index in [4.69, 9.17) is 11.5 Å². The molecule has 1 aromatic carbocycles. The van der Waals surface area contributed by atoms with Crippen LogP contribution in [0.5, 0.6) is 0 Å². The van der Waals surface area contributed by atoms with Crippen molar-refractivity contribution in [2.75, 3.05) is 11.5 Å². The van der Waals surface area contributed by atoms with Crippen molar-refractivity contribution in [1.29, 1.82) is 0 Å². The molecule has 0 saturated heterocycles. The maximum atomic E-state index is 10.0. The summed E-state index contributed by atoms with van der Waals surface area (Å²) in [5.41, 5.74) is 11.5. The van der Waals surface area contributed by atoms with Crippen molar-refractivity contribution >= 4 is 17.1 Å². The van der Waals surface area contributed by atoms with Gasteiger partial charge in [0.2, 0.25) is 0 Å². The van der Waals surface area contributed by atoms with Gasteiger partial charge in [0, 0.05) is 0 Å². The monoisotopic (exact) mass is 137 g/mol. The van der Waals surface area contributed by atoms with Gasteiger partial charge < -0.3 is 11.5 Å². The Labute approximate surface area is 57.8 Å². The fourth-order valence-electron chi connectivity index (χ4n) is 0.685. The second-order valence-electron chi connectivity index (χ2n) is 1.88. The molecule has 0 aliphatic carbocycles. The molecule has 0 atom stereocenters. The van der Waals surface area contributed by atoms with E-state index in [1.54, 1.807) is 18.2 Å². The molecule has 0 spiro atoms. The van der Waals surface area contributed by atoms with E-state index in [0.29, 0.717) is 11.4 Å². The maximum absolute atomic E-state index is 10.0. The molecular weight excluding hydrogens is 130 g/mol. The first kappa shape index (κ1) is 6.54. The van der Waals surface area contributed by atoms with Gasteiger partial charge in [0.05, 0.1) is 11.4 Å². The second kappa shape index (κ2) is 2.34. The van der Waals surface area contributed by atoms with Crippen LogP contribution in [0.3, 0.4) is 0 Å². The molecule has 0 aromatic heterocycles. The molecule has 0 bridgehead atoms. The first-order valence-electron chi connectivity index (χ1n) is 2.73. The molecule has 0 aliphatic heterocycles. The number of anilines is 2. The molecule has 4 N–H and O–H groups in total. The van der Waals surface area contributed by atoms with E-state index in [-0.39, 0.29) is 5.69 Å². The van der Waals surface area contributed by atoms with Crippen molar-refractivity contribution in [3.05, 3.63) is 23.1 Å². The Morgan fingerprint density at radius 2 is 1.70 bits per heavy atom. The number of nitrogen functional groups attached to an aromatic ring is 2. The lowest BCUT2D eigenvalue weighted by Crippen LogP contribution is -1.90. The third-order valence-corrected chi connectivity index (χ3v) is 1.19. The number of nitroso groups, excluding NO2 is 1. The summed E-state index contributed by atoms with van der Waals surface area (Å²) in [4.78, 5) is 10.0. The normalized spacial score (nSPS) is 9.20. The number of rotatable bonds is 1. The van der Waals surface area contributed by atoms with Crippen LogP contribution in [-0.2, 0) is 0 Å². The highest BCUT2D eigenvalue weighted by molar-refractivity contribution is 5.75. The number of benzene rings is 1. The van der Waals surface area contributed by atoms with Gasteiger partial charge in [0.25, 0.3) is 0 Å². The minimum Gasteiger partial charge on any atom is -0.397 e. The van der Waals surface area contributed by atoms with Crippen molar-refractivity contribution in [3.63, 3.8) is 0 Å². The van der Waals surface area contributed by atoms with E-state index in [0.717, 1.165) is 0 Å². The molecule has 1 aromatic rings. The first-order valence-corrected chi connectivity index (χ1v) is 2.73. The Hall–Kier alpha value is -1.58. The molecule has 4 nitrogen and oxygen atoms in total. The molecule has 0 saturated carbocycles. The van der Waals surface area contributed by atoms with Gasteiger partial charge in [0.1, 0.15) is 0 Å². The molecule has 10 heavy (non-hydrogen) atoms. The Kier molecular flexibility index (Phi) is 1.53. The van der Waals surface area contributed by atoms with Gasteiger partial charge in [-0.3, -0.25) is 0 Å². The highest BCUT2D eigenvalue weighted by atomic mass is 16.3. The lowest BCUT2D eigenvalue weighted by molar-refractivity contribution is 1.49. The zero-order valence-corrected chi connectivity index (χ0v) is 5.24. The number of hydrogen-bond acceptors (Lipinski definition) is 4. The van der Waals surface area contributed by atoms with Gasteiger partial charge in [-0.2, -0.15) is 0 Å². The van der Waals surface area contributed by atoms with E-state index in [1.807, 2.05) is 0 Å². The summed E-state index contributed by atoms with van der Waals surface area (Å²) in [6.45, 7) is 0. The largest absolute Gasteiger partial charge is 0.397 e. The van der Waals surface area contributed by atoms with Crippen molar-refractivity contribution < 1.29 is 0 Å². The van der Waals surface area contributed by atoms with Gasteiger partial charge >= 0.3 is 0 Å². The summed E-state index contributed by atoms with van der Waals surface area (Å²) in [7, 11) is 0. The third-order valence-electron chi connectivity index (χ3n) is 1.19. The molecule has 0 unspecified atom stereocenters. The van der Waals surface area contributed by atoms with Crippen molar-refractivity contribution in [3.8, 4) is 0 Å². The maximum Gasteiger partial charge on any atom is 0.153 e. The third kappa shape index (κ3) is 0.907. The molecule has 0 radical (unpaired) electrons. The van der Waals surface area contributed by atoms with Crippen LogP contribution in [0.1, 0.15) is 0 Å². The summed E-state index contributed by atoms with van der Waals surface area (Å²) >= 11 is 0. The number of nitrogens with zero attached hydrogens (tertiary/aromatic N) is 1. The van der Waals surface area contributed by atoms with Crippen LogP contribution in [-0.4, -0.2) is 0 Å². The van der Waals surface area contributed by atoms with E-state index in [9.17, 15) is 4.91 Å². The molecule has 0 amide bonds. The fraction of sp³-hybridized carbons (Fsp3) is 0. The predicted molar refractivity (Wildman–Crippen MR) is 40.7 cm³/mol. The summed E-state index contributed by atoms with van der Waals surface area (Å²) in [5.74, 6) is 0. The molecule has 4 heteroatoms. The van der Waals surface area contributed by atoms with Gasteiger partial charge in [0.15, 0.2) is 5.69 Å². The molecule has 0 heterocycles. The van der Waals surface area contributed by atoms with Gasteiger partial charge in [-0.1, -0.05) is 6.07 Å². The lowest BCUT2D eigenvalue weighted by atomic mass is 10.2. The van der Waals surface area contributed by atoms with Crippen molar-refractivity contribution in [2.24, 2.45) is 5.18 Å². The van der Waals surface area contributed by atoms with E-state index >= 15 is 0 Å².